The van der Waals surface area contributed by atoms with E-state index in [-0.39, 0.29) is 31.6 Å². The van der Waals surface area contributed by atoms with Crippen LogP contribution in [0.3, 0.4) is 0 Å². The predicted octanol–water partition coefficient (Wildman–Crippen LogP) is 3.15. The van der Waals surface area contributed by atoms with Gasteiger partial charge in [0.25, 0.3) is 0 Å². The van der Waals surface area contributed by atoms with Crippen LogP contribution in [0, 0.1) is 0 Å². The van der Waals surface area contributed by atoms with Gasteiger partial charge < -0.3 is 14.4 Å². The van der Waals surface area contributed by atoms with E-state index >= 15 is 0 Å². The number of esters is 1. The Morgan fingerprint density at radius 1 is 1.00 bits per heavy atom. The summed E-state index contributed by atoms with van der Waals surface area (Å²) in [7, 11) is 3.56. The highest BCUT2D eigenvalue weighted by Gasteiger charge is 2.22. The number of anilines is 1. The Morgan fingerprint density at radius 2 is 1.66 bits per heavy atom. The molecule has 2 rings (SSSR count). The van der Waals surface area contributed by atoms with Crippen molar-refractivity contribution in [1.82, 2.24) is 4.90 Å². The highest BCUT2D eigenvalue weighted by Crippen LogP contribution is 2.16. The van der Waals surface area contributed by atoms with Crippen molar-refractivity contribution in [1.29, 1.82) is 0 Å². The molecule has 0 saturated carbocycles. The van der Waals surface area contributed by atoms with Gasteiger partial charge in [-0.3, -0.25) is 14.5 Å². The molecule has 1 amide bonds. The maximum absolute atomic E-state index is 13.0. The molecule has 0 aliphatic heterocycles. The molecule has 6 nitrogen and oxygen atoms in total. The van der Waals surface area contributed by atoms with Crippen LogP contribution in [0.25, 0.3) is 0 Å². The van der Waals surface area contributed by atoms with Gasteiger partial charge in [0, 0.05) is 11.7 Å². The smallest absolute Gasteiger partial charge is 0.326 e. The second-order valence-electron chi connectivity index (χ2n) is 6.94. The molecule has 1 atom stereocenters. The van der Waals surface area contributed by atoms with E-state index in [0.717, 1.165) is 12.2 Å². The third-order valence-corrected chi connectivity index (χ3v) is 4.79. The number of ether oxygens (including phenoxy) is 2. The van der Waals surface area contributed by atoms with Crippen LogP contribution in [0.1, 0.15) is 19.4 Å². The fourth-order valence-electron chi connectivity index (χ4n) is 2.98. The molecule has 0 aliphatic carbocycles. The number of amides is 1. The molecule has 0 bridgehead atoms. The molecular formula is C23H30N2O4. The standard InChI is InChI=1S/C23H30N2O4/c1-5-29-23(27)17-25(20-9-7-6-8-10-20)22(26)16-24(3)18(2)15-19-11-13-21(28-4)14-12-19/h6-14,18H,5,15-17H2,1-4H3. The lowest BCUT2D eigenvalue weighted by atomic mass is 10.1. The number of carbonyl (C=O) groups is 2. The van der Waals surface area contributed by atoms with Crippen LogP contribution >= 0.6 is 0 Å². The van der Waals surface area contributed by atoms with Gasteiger partial charge >= 0.3 is 5.97 Å². The number of nitrogens with zero attached hydrogens (tertiary/aromatic N) is 2. The lowest BCUT2D eigenvalue weighted by molar-refractivity contribution is -0.142. The molecule has 0 radical (unpaired) electrons. The zero-order valence-electron chi connectivity index (χ0n) is 17.6. The molecule has 0 saturated heterocycles. The van der Waals surface area contributed by atoms with E-state index in [4.69, 9.17) is 9.47 Å². The summed E-state index contributed by atoms with van der Waals surface area (Å²) in [6, 6.07) is 17.3. The van der Waals surface area contributed by atoms with E-state index < -0.39 is 5.97 Å². The number of methoxy groups -OCH3 is 1. The first-order valence-corrected chi connectivity index (χ1v) is 9.78. The first-order chi connectivity index (χ1) is 13.9. The Bertz CT molecular complexity index is 777. The molecule has 0 N–H and O–H groups in total. The van der Waals surface area contributed by atoms with Gasteiger partial charge in [-0.1, -0.05) is 30.3 Å². The van der Waals surface area contributed by atoms with Crippen molar-refractivity contribution in [3.63, 3.8) is 0 Å². The topological polar surface area (TPSA) is 59.1 Å². The summed E-state index contributed by atoms with van der Waals surface area (Å²) in [4.78, 5) is 28.5. The van der Waals surface area contributed by atoms with E-state index in [2.05, 4.69) is 6.92 Å². The molecule has 0 spiro atoms. The van der Waals surface area contributed by atoms with Crippen LogP contribution in [0.4, 0.5) is 5.69 Å². The van der Waals surface area contributed by atoms with Gasteiger partial charge in [0.2, 0.25) is 5.91 Å². The SMILES string of the molecule is CCOC(=O)CN(C(=O)CN(C)C(C)Cc1ccc(OC)cc1)c1ccccc1. The predicted molar refractivity (Wildman–Crippen MR) is 114 cm³/mol. The monoisotopic (exact) mass is 398 g/mol. The zero-order valence-corrected chi connectivity index (χ0v) is 17.6. The van der Waals surface area contributed by atoms with E-state index in [9.17, 15) is 9.59 Å². The van der Waals surface area contributed by atoms with Crippen LogP contribution in [-0.4, -0.2) is 56.7 Å². The summed E-state index contributed by atoms with van der Waals surface area (Å²) < 4.78 is 10.2. The van der Waals surface area contributed by atoms with E-state index in [1.54, 1.807) is 14.0 Å². The largest absolute Gasteiger partial charge is 0.497 e. The normalized spacial score (nSPS) is 11.8. The van der Waals surface area contributed by atoms with E-state index in [1.807, 2.05) is 66.5 Å². The fourth-order valence-corrected chi connectivity index (χ4v) is 2.98. The highest BCUT2D eigenvalue weighted by molar-refractivity contribution is 5.98. The molecule has 0 aromatic heterocycles. The number of hydrogen-bond acceptors (Lipinski definition) is 5. The van der Waals surface area contributed by atoms with Crippen molar-refractivity contribution in [2.24, 2.45) is 0 Å². The van der Waals surface area contributed by atoms with E-state index in [0.29, 0.717) is 5.69 Å². The summed E-state index contributed by atoms with van der Waals surface area (Å²) in [6.45, 7) is 4.22. The van der Waals surface area contributed by atoms with Crippen LogP contribution < -0.4 is 9.64 Å². The average Bonchev–Trinajstić information content (AvgIpc) is 2.73. The maximum atomic E-state index is 13.0. The molecule has 156 valence electrons. The second-order valence-corrected chi connectivity index (χ2v) is 6.94. The second kappa shape index (κ2) is 11.2. The Hall–Kier alpha value is -2.86. The number of hydrogen-bond donors (Lipinski definition) is 0. The van der Waals surface area contributed by atoms with Crippen LogP contribution in [0.15, 0.2) is 54.6 Å². The number of carbonyl (C=O) groups excluding carboxylic acids is 2. The van der Waals surface area contributed by atoms with Crippen molar-refractivity contribution in [3.05, 3.63) is 60.2 Å². The molecule has 2 aromatic carbocycles. The van der Waals surface area contributed by atoms with Crippen molar-refractivity contribution < 1.29 is 19.1 Å². The van der Waals surface area contributed by atoms with Crippen LogP contribution in [0.5, 0.6) is 5.75 Å². The maximum Gasteiger partial charge on any atom is 0.326 e. The minimum Gasteiger partial charge on any atom is -0.497 e. The first kappa shape index (κ1) is 22.4. The zero-order chi connectivity index (χ0) is 21.2. The fraction of sp³-hybridized carbons (Fsp3) is 0.391. The van der Waals surface area contributed by atoms with Gasteiger partial charge in [-0.15, -0.1) is 0 Å². The first-order valence-electron chi connectivity index (χ1n) is 9.78. The average molecular weight is 399 g/mol. The van der Waals surface area contributed by atoms with Gasteiger partial charge in [-0.25, -0.2) is 0 Å². The number of likely N-dealkylation sites (N-methyl/N-ethyl adjacent to an activating group) is 1. The Morgan fingerprint density at radius 3 is 2.24 bits per heavy atom. The molecule has 29 heavy (non-hydrogen) atoms. The highest BCUT2D eigenvalue weighted by atomic mass is 16.5. The van der Waals surface area contributed by atoms with Gasteiger partial charge in [0.1, 0.15) is 12.3 Å². The minimum absolute atomic E-state index is 0.0998. The third-order valence-electron chi connectivity index (χ3n) is 4.79. The van der Waals surface area contributed by atoms with Crippen LogP contribution in [0.2, 0.25) is 0 Å². The summed E-state index contributed by atoms with van der Waals surface area (Å²) in [6.07, 6.45) is 0.803. The quantitative estimate of drug-likeness (QED) is 0.576. The van der Waals surface area contributed by atoms with Crippen molar-refractivity contribution in [2.75, 3.05) is 38.8 Å². The molecule has 0 heterocycles. The minimum atomic E-state index is -0.418. The molecular weight excluding hydrogens is 368 g/mol. The molecule has 2 aromatic rings. The summed E-state index contributed by atoms with van der Waals surface area (Å²) in [5.41, 5.74) is 1.85. The molecule has 0 aliphatic rings. The Labute approximate surface area is 173 Å². The van der Waals surface area contributed by atoms with Gasteiger partial charge in [0.15, 0.2) is 0 Å². The van der Waals surface area contributed by atoms with Crippen molar-refractivity contribution >= 4 is 17.6 Å². The molecule has 6 heteroatoms. The number of benzene rings is 2. The van der Waals surface area contributed by atoms with Gasteiger partial charge in [-0.05, 0) is 57.1 Å². The summed E-state index contributed by atoms with van der Waals surface area (Å²) in [5, 5.41) is 0. The lowest BCUT2D eigenvalue weighted by Gasteiger charge is -2.28. The van der Waals surface area contributed by atoms with Gasteiger partial charge in [0.05, 0.1) is 20.3 Å². The molecule has 1 unspecified atom stereocenters. The summed E-state index contributed by atoms with van der Waals surface area (Å²) >= 11 is 0. The Balaban J connectivity index is 2.03. The van der Waals surface area contributed by atoms with Crippen molar-refractivity contribution in [2.45, 2.75) is 26.3 Å². The third kappa shape index (κ3) is 6.91. The van der Waals surface area contributed by atoms with E-state index in [1.165, 1.54) is 10.5 Å². The van der Waals surface area contributed by atoms with Gasteiger partial charge in [-0.2, -0.15) is 0 Å². The van der Waals surface area contributed by atoms with Crippen LogP contribution in [-0.2, 0) is 20.7 Å². The Kier molecular flexibility index (Phi) is 8.68. The number of para-hydroxylation sites is 1. The summed E-state index contributed by atoms with van der Waals surface area (Å²) in [5.74, 6) is 0.259. The number of rotatable bonds is 10. The lowest BCUT2D eigenvalue weighted by Crippen LogP contribution is -2.44. The van der Waals surface area contributed by atoms with Crippen molar-refractivity contribution in [3.8, 4) is 5.75 Å². The molecule has 0 fully saturated rings.